The summed E-state index contributed by atoms with van der Waals surface area (Å²) in [6.07, 6.45) is 0.890. The SMILES string of the molecule is CCc1[nH]nc(NC(=O)CNC)c1C. The number of nitrogens with zero attached hydrogens (tertiary/aromatic N) is 1. The standard InChI is InChI=1S/C9H16N4O/c1-4-7-6(2)9(13-12-7)11-8(14)5-10-3/h10H,4-5H2,1-3H3,(H2,11,12,13,14). The summed E-state index contributed by atoms with van der Waals surface area (Å²) in [5, 5.41) is 12.4. The lowest BCUT2D eigenvalue weighted by molar-refractivity contribution is -0.115. The molecular formula is C9H16N4O. The van der Waals surface area contributed by atoms with E-state index in [4.69, 9.17) is 0 Å². The van der Waals surface area contributed by atoms with Crippen LogP contribution < -0.4 is 10.6 Å². The van der Waals surface area contributed by atoms with E-state index >= 15 is 0 Å². The maximum absolute atomic E-state index is 11.2. The van der Waals surface area contributed by atoms with E-state index in [0.29, 0.717) is 12.4 Å². The van der Waals surface area contributed by atoms with Gasteiger partial charge in [-0.2, -0.15) is 5.10 Å². The molecule has 5 heteroatoms. The van der Waals surface area contributed by atoms with Crippen molar-refractivity contribution in [1.82, 2.24) is 15.5 Å². The summed E-state index contributed by atoms with van der Waals surface area (Å²) in [7, 11) is 1.73. The summed E-state index contributed by atoms with van der Waals surface area (Å²) in [6.45, 7) is 4.28. The van der Waals surface area contributed by atoms with Gasteiger partial charge in [-0.15, -0.1) is 0 Å². The molecule has 0 fully saturated rings. The monoisotopic (exact) mass is 196 g/mol. The first kappa shape index (κ1) is 10.7. The second kappa shape index (κ2) is 4.76. The van der Waals surface area contributed by atoms with Gasteiger partial charge in [0, 0.05) is 11.3 Å². The summed E-state index contributed by atoms with van der Waals surface area (Å²) in [4.78, 5) is 11.2. The van der Waals surface area contributed by atoms with Crippen LogP contribution in [0.5, 0.6) is 0 Å². The third-order valence-electron chi connectivity index (χ3n) is 2.06. The summed E-state index contributed by atoms with van der Waals surface area (Å²) >= 11 is 0. The molecule has 0 radical (unpaired) electrons. The van der Waals surface area contributed by atoms with Crippen LogP contribution in [0.1, 0.15) is 18.2 Å². The van der Waals surface area contributed by atoms with Crippen LogP contribution in [0.2, 0.25) is 0 Å². The van der Waals surface area contributed by atoms with Gasteiger partial charge in [0.2, 0.25) is 5.91 Å². The molecule has 1 heterocycles. The molecule has 0 aliphatic carbocycles. The zero-order chi connectivity index (χ0) is 10.6. The highest BCUT2D eigenvalue weighted by atomic mass is 16.2. The van der Waals surface area contributed by atoms with Crippen LogP contribution in [0, 0.1) is 6.92 Å². The van der Waals surface area contributed by atoms with E-state index in [-0.39, 0.29) is 5.91 Å². The first-order chi connectivity index (χ1) is 6.69. The van der Waals surface area contributed by atoms with Crippen LogP contribution in [0.4, 0.5) is 5.82 Å². The Morgan fingerprint density at radius 2 is 2.29 bits per heavy atom. The lowest BCUT2D eigenvalue weighted by Crippen LogP contribution is -2.25. The van der Waals surface area contributed by atoms with Gasteiger partial charge in [0.05, 0.1) is 6.54 Å². The van der Waals surface area contributed by atoms with Gasteiger partial charge in [0.25, 0.3) is 0 Å². The van der Waals surface area contributed by atoms with Gasteiger partial charge < -0.3 is 10.6 Å². The van der Waals surface area contributed by atoms with Crippen molar-refractivity contribution in [3.05, 3.63) is 11.3 Å². The largest absolute Gasteiger partial charge is 0.311 e. The van der Waals surface area contributed by atoms with Gasteiger partial charge in [-0.3, -0.25) is 9.89 Å². The lowest BCUT2D eigenvalue weighted by atomic mass is 10.2. The van der Waals surface area contributed by atoms with Crippen molar-refractivity contribution in [2.24, 2.45) is 0 Å². The van der Waals surface area contributed by atoms with Gasteiger partial charge in [-0.1, -0.05) is 6.92 Å². The molecule has 1 rings (SSSR count). The second-order valence-corrected chi connectivity index (χ2v) is 3.11. The Labute approximate surface area is 83.3 Å². The predicted molar refractivity (Wildman–Crippen MR) is 55.3 cm³/mol. The number of amides is 1. The topological polar surface area (TPSA) is 69.8 Å². The summed E-state index contributed by atoms with van der Waals surface area (Å²) in [6, 6.07) is 0. The minimum absolute atomic E-state index is 0.0789. The van der Waals surface area contributed by atoms with Crippen LogP contribution in [0.15, 0.2) is 0 Å². The number of aromatic amines is 1. The smallest absolute Gasteiger partial charge is 0.239 e. The van der Waals surface area contributed by atoms with Crippen LogP contribution in [0.3, 0.4) is 0 Å². The molecule has 14 heavy (non-hydrogen) atoms. The highest BCUT2D eigenvalue weighted by molar-refractivity contribution is 5.92. The van der Waals surface area contributed by atoms with Crippen LogP contribution in [0.25, 0.3) is 0 Å². The molecule has 0 saturated heterocycles. The Kier molecular flexibility index (Phi) is 3.64. The number of rotatable bonds is 4. The zero-order valence-electron chi connectivity index (χ0n) is 8.77. The molecule has 0 aliphatic rings. The number of hydrogen-bond donors (Lipinski definition) is 3. The van der Waals surface area contributed by atoms with E-state index in [1.165, 1.54) is 0 Å². The van der Waals surface area contributed by atoms with Crippen LogP contribution in [-0.4, -0.2) is 29.7 Å². The maximum atomic E-state index is 11.2. The van der Waals surface area contributed by atoms with Crippen molar-refractivity contribution in [1.29, 1.82) is 0 Å². The molecular weight excluding hydrogens is 180 g/mol. The number of nitrogens with one attached hydrogen (secondary N) is 3. The van der Waals surface area contributed by atoms with Gasteiger partial charge in [0.15, 0.2) is 5.82 Å². The third kappa shape index (κ3) is 2.32. The Morgan fingerprint density at radius 3 is 2.79 bits per heavy atom. The first-order valence-electron chi connectivity index (χ1n) is 4.67. The molecule has 78 valence electrons. The number of H-pyrrole nitrogens is 1. The highest BCUT2D eigenvalue weighted by Gasteiger charge is 2.09. The first-order valence-corrected chi connectivity index (χ1v) is 4.67. The van der Waals surface area contributed by atoms with Crippen molar-refractivity contribution in [2.45, 2.75) is 20.3 Å². The van der Waals surface area contributed by atoms with E-state index in [9.17, 15) is 4.79 Å². The molecule has 0 bridgehead atoms. The zero-order valence-corrected chi connectivity index (χ0v) is 8.77. The normalized spacial score (nSPS) is 10.2. The molecule has 0 atom stereocenters. The lowest BCUT2D eigenvalue weighted by Gasteiger charge is -2.01. The molecule has 1 amide bonds. The van der Waals surface area contributed by atoms with E-state index in [1.54, 1.807) is 7.05 Å². The minimum Gasteiger partial charge on any atom is -0.311 e. The Balaban J connectivity index is 2.67. The third-order valence-corrected chi connectivity index (χ3v) is 2.06. The van der Waals surface area contributed by atoms with Crippen molar-refractivity contribution < 1.29 is 4.79 Å². The van der Waals surface area contributed by atoms with Gasteiger partial charge in [0.1, 0.15) is 0 Å². The molecule has 3 N–H and O–H groups in total. The molecule has 0 aliphatic heterocycles. The van der Waals surface area contributed by atoms with Crippen molar-refractivity contribution in [3.8, 4) is 0 Å². The maximum Gasteiger partial charge on any atom is 0.239 e. The summed E-state index contributed by atoms with van der Waals surface area (Å²) in [5.41, 5.74) is 2.07. The van der Waals surface area contributed by atoms with E-state index in [0.717, 1.165) is 17.7 Å². The molecule has 1 aromatic heterocycles. The number of carbonyl (C=O) groups is 1. The number of carbonyl (C=O) groups excluding carboxylic acids is 1. The Morgan fingerprint density at radius 1 is 1.57 bits per heavy atom. The van der Waals surface area contributed by atoms with Crippen molar-refractivity contribution >= 4 is 11.7 Å². The number of hydrogen-bond acceptors (Lipinski definition) is 3. The minimum atomic E-state index is -0.0789. The molecule has 5 nitrogen and oxygen atoms in total. The number of anilines is 1. The average Bonchev–Trinajstić information content (AvgIpc) is 2.48. The Bertz CT molecular complexity index is 319. The van der Waals surface area contributed by atoms with Crippen LogP contribution in [-0.2, 0) is 11.2 Å². The second-order valence-electron chi connectivity index (χ2n) is 3.11. The molecule has 0 aromatic carbocycles. The molecule has 0 saturated carbocycles. The molecule has 0 unspecified atom stereocenters. The number of likely N-dealkylation sites (N-methyl/N-ethyl adjacent to an activating group) is 1. The van der Waals surface area contributed by atoms with Crippen LogP contribution >= 0.6 is 0 Å². The fourth-order valence-corrected chi connectivity index (χ4v) is 1.24. The summed E-state index contributed by atoms with van der Waals surface area (Å²) in [5.74, 6) is 0.548. The van der Waals surface area contributed by atoms with Crippen molar-refractivity contribution in [2.75, 3.05) is 18.9 Å². The highest BCUT2D eigenvalue weighted by Crippen LogP contribution is 2.14. The Hall–Kier alpha value is -1.36. The van der Waals surface area contributed by atoms with Gasteiger partial charge >= 0.3 is 0 Å². The predicted octanol–water partition coefficient (Wildman–Crippen LogP) is 0.438. The average molecular weight is 196 g/mol. The summed E-state index contributed by atoms with van der Waals surface area (Å²) < 4.78 is 0. The molecule has 1 aromatic rings. The van der Waals surface area contributed by atoms with E-state index < -0.39 is 0 Å². The fourth-order valence-electron chi connectivity index (χ4n) is 1.24. The number of aryl methyl sites for hydroxylation is 1. The van der Waals surface area contributed by atoms with Crippen molar-refractivity contribution in [3.63, 3.8) is 0 Å². The van der Waals surface area contributed by atoms with Gasteiger partial charge in [-0.25, -0.2) is 0 Å². The fraction of sp³-hybridized carbons (Fsp3) is 0.556. The quantitative estimate of drug-likeness (QED) is 0.654. The van der Waals surface area contributed by atoms with Gasteiger partial charge in [-0.05, 0) is 20.4 Å². The molecule has 0 spiro atoms. The van der Waals surface area contributed by atoms with E-state index in [1.807, 2.05) is 13.8 Å². The number of aromatic nitrogens is 2. The van der Waals surface area contributed by atoms with E-state index in [2.05, 4.69) is 20.8 Å².